The Hall–Kier alpha value is -0.410. The molecule has 0 spiro atoms. The summed E-state index contributed by atoms with van der Waals surface area (Å²) in [6.07, 6.45) is 1.90. The Bertz CT molecular complexity index is 150. The summed E-state index contributed by atoms with van der Waals surface area (Å²) in [6, 6.07) is -0.324. The van der Waals surface area contributed by atoms with Gasteiger partial charge in [-0.15, -0.1) is 0 Å². The van der Waals surface area contributed by atoms with Crippen LogP contribution in [0.15, 0.2) is 0 Å². The molecule has 1 fully saturated rings. The first-order chi connectivity index (χ1) is 4.62. The van der Waals surface area contributed by atoms with Crippen LogP contribution in [0.25, 0.3) is 0 Å². The quantitative estimate of drug-likeness (QED) is 0.566. The summed E-state index contributed by atoms with van der Waals surface area (Å²) in [5.41, 5.74) is 5.21. The van der Waals surface area contributed by atoms with Gasteiger partial charge in [0.2, 0.25) is 0 Å². The molecule has 1 rings (SSSR count). The van der Waals surface area contributed by atoms with Gasteiger partial charge < -0.3 is 11.1 Å². The second kappa shape index (κ2) is 2.32. The van der Waals surface area contributed by atoms with Crippen molar-refractivity contribution in [1.29, 1.82) is 0 Å². The summed E-state index contributed by atoms with van der Waals surface area (Å²) in [6.45, 7) is 1.74. The second-order valence-corrected chi connectivity index (χ2v) is 2.99. The molecule has 3 heteroatoms. The topological polar surface area (TPSA) is 55.1 Å². The first-order valence-electron chi connectivity index (χ1n) is 3.61. The lowest BCUT2D eigenvalue weighted by atomic mass is 10.1. The normalized spacial score (nSPS) is 23.9. The third kappa shape index (κ3) is 1.07. The number of carbonyl (C=O) groups is 1. The molecule has 10 heavy (non-hydrogen) atoms. The van der Waals surface area contributed by atoms with Gasteiger partial charge in [-0.2, -0.15) is 0 Å². The van der Waals surface area contributed by atoms with Crippen molar-refractivity contribution in [3.8, 4) is 0 Å². The van der Waals surface area contributed by atoms with Gasteiger partial charge in [0.25, 0.3) is 0 Å². The molecule has 1 aliphatic rings. The molecule has 1 aliphatic carbocycles. The summed E-state index contributed by atoms with van der Waals surface area (Å²) < 4.78 is 0. The number of rotatable bonds is 3. The van der Waals surface area contributed by atoms with Gasteiger partial charge in [0.15, 0.2) is 5.78 Å². The van der Waals surface area contributed by atoms with Crippen molar-refractivity contribution in [2.45, 2.75) is 31.3 Å². The van der Waals surface area contributed by atoms with E-state index in [1.165, 1.54) is 0 Å². The Morgan fingerprint density at radius 3 is 2.30 bits per heavy atom. The summed E-state index contributed by atoms with van der Waals surface area (Å²) in [4.78, 5) is 11.3. The fourth-order valence-corrected chi connectivity index (χ4v) is 1.18. The molecule has 0 heterocycles. The van der Waals surface area contributed by atoms with Gasteiger partial charge in [0.05, 0.1) is 11.6 Å². The predicted molar refractivity (Wildman–Crippen MR) is 39.7 cm³/mol. The molecule has 0 aliphatic heterocycles. The molecule has 3 nitrogen and oxygen atoms in total. The number of Topliss-reactive ketones (excluding diaryl/α,β-unsaturated/α-hetero) is 1. The molecule has 0 aromatic heterocycles. The highest BCUT2D eigenvalue weighted by atomic mass is 16.1. The molecule has 0 aromatic carbocycles. The second-order valence-electron chi connectivity index (χ2n) is 2.99. The lowest BCUT2D eigenvalue weighted by Crippen LogP contribution is -2.45. The van der Waals surface area contributed by atoms with Crippen LogP contribution in [0.2, 0.25) is 0 Å². The van der Waals surface area contributed by atoms with Crippen LogP contribution in [-0.2, 0) is 4.79 Å². The zero-order valence-corrected chi connectivity index (χ0v) is 6.48. The third-order valence-electron chi connectivity index (χ3n) is 2.11. The van der Waals surface area contributed by atoms with E-state index in [2.05, 4.69) is 5.32 Å². The van der Waals surface area contributed by atoms with Crippen LogP contribution in [-0.4, -0.2) is 24.4 Å². The molecule has 1 saturated carbocycles. The Balaban J connectivity index is 2.56. The van der Waals surface area contributed by atoms with Crippen molar-refractivity contribution in [2.75, 3.05) is 7.05 Å². The molecule has 0 amide bonds. The molecule has 0 aromatic rings. The van der Waals surface area contributed by atoms with Gasteiger partial charge >= 0.3 is 0 Å². The van der Waals surface area contributed by atoms with E-state index in [-0.39, 0.29) is 17.4 Å². The van der Waals surface area contributed by atoms with Gasteiger partial charge in [0, 0.05) is 0 Å². The van der Waals surface area contributed by atoms with Crippen LogP contribution < -0.4 is 11.1 Å². The van der Waals surface area contributed by atoms with Gasteiger partial charge in [-0.1, -0.05) is 0 Å². The average Bonchev–Trinajstić information content (AvgIpc) is 2.66. The molecule has 0 bridgehead atoms. The van der Waals surface area contributed by atoms with Crippen molar-refractivity contribution in [2.24, 2.45) is 5.73 Å². The van der Waals surface area contributed by atoms with Crippen LogP contribution >= 0.6 is 0 Å². The highest BCUT2D eigenvalue weighted by Crippen LogP contribution is 2.36. The Kier molecular flexibility index (Phi) is 1.79. The fourth-order valence-electron chi connectivity index (χ4n) is 1.18. The summed E-state index contributed by atoms with van der Waals surface area (Å²) in [7, 11) is 1.81. The maximum absolute atomic E-state index is 11.3. The zero-order chi connectivity index (χ0) is 7.78. The van der Waals surface area contributed by atoms with Crippen LogP contribution in [0.4, 0.5) is 0 Å². The highest BCUT2D eigenvalue weighted by molar-refractivity contribution is 5.95. The Morgan fingerprint density at radius 1 is 1.70 bits per heavy atom. The minimum Gasteiger partial charge on any atom is -0.322 e. The number of carbonyl (C=O) groups excluding carboxylic acids is 1. The van der Waals surface area contributed by atoms with Gasteiger partial charge in [-0.3, -0.25) is 4.79 Å². The van der Waals surface area contributed by atoms with Crippen LogP contribution in [0, 0.1) is 0 Å². The van der Waals surface area contributed by atoms with Crippen molar-refractivity contribution < 1.29 is 4.79 Å². The first kappa shape index (κ1) is 7.69. The lowest BCUT2D eigenvalue weighted by molar-refractivity contribution is -0.122. The molecular weight excluding hydrogens is 128 g/mol. The van der Waals surface area contributed by atoms with Crippen molar-refractivity contribution in [1.82, 2.24) is 5.32 Å². The SMILES string of the molecule is CNC1(C(=O)C(C)N)CC1. The van der Waals surface area contributed by atoms with Crippen LogP contribution in [0.3, 0.4) is 0 Å². The monoisotopic (exact) mass is 142 g/mol. The number of nitrogens with one attached hydrogen (secondary N) is 1. The van der Waals surface area contributed by atoms with E-state index in [0.29, 0.717) is 0 Å². The van der Waals surface area contributed by atoms with E-state index in [1.54, 1.807) is 6.92 Å². The number of hydrogen-bond donors (Lipinski definition) is 2. The van der Waals surface area contributed by atoms with Gasteiger partial charge in [-0.05, 0) is 26.8 Å². The molecule has 1 atom stereocenters. The Labute approximate surface area is 61.0 Å². The van der Waals surface area contributed by atoms with Crippen LogP contribution in [0.1, 0.15) is 19.8 Å². The number of hydrogen-bond acceptors (Lipinski definition) is 3. The molecule has 1 unspecified atom stereocenters. The minimum atomic E-state index is -0.324. The van der Waals surface area contributed by atoms with Crippen molar-refractivity contribution >= 4 is 5.78 Å². The van der Waals surface area contributed by atoms with E-state index in [9.17, 15) is 4.79 Å². The summed E-state index contributed by atoms with van der Waals surface area (Å²) in [5.74, 6) is 0.148. The van der Waals surface area contributed by atoms with Crippen molar-refractivity contribution in [3.63, 3.8) is 0 Å². The lowest BCUT2D eigenvalue weighted by Gasteiger charge is -2.14. The predicted octanol–water partition coefficient (Wildman–Crippen LogP) is -0.345. The standard InChI is InChI=1S/C7H14N2O/c1-5(8)6(10)7(9-2)3-4-7/h5,9H,3-4,8H2,1-2H3. The number of ketones is 1. The van der Waals surface area contributed by atoms with E-state index in [4.69, 9.17) is 5.73 Å². The van der Waals surface area contributed by atoms with E-state index >= 15 is 0 Å². The maximum Gasteiger partial charge on any atom is 0.169 e. The number of nitrogens with two attached hydrogens (primary N) is 1. The van der Waals surface area contributed by atoms with E-state index < -0.39 is 0 Å². The molecule has 0 radical (unpaired) electrons. The summed E-state index contributed by atoms with van der Waals surface area (Å²) >= 11 is 0. The molecule has 0 saturated heterocycles. The molecule has 58 valence electrons. The average molecular weight is 142 g/mol. The summed E-state index contributed by atoms with van der Waals surface area (Å²) in [5, 5.41) is 3.00. The molecular formula is C7H14N2O. The third-order valence-corrected chi connectivity index (χ3v) is 2.11. The highest BCUT2D eigenvalue weighted by Gasteiger charge is 2.48. The van der Waals surface area contributed by atoms with Crippen molar-refractivity contribution in [3.05, 3.63) is 0 Å². The zero-order valence-electron chi connectivity index (χ0n) is 6.48. The van der Waals surface area contributed by atoms with Crippen LogP contribution in [0.5, 0.6) is 0 Å². The largest absolute Gasteiger partial charge is 0.322 e. The first-order valence-corrected chi connectivity index (χ1v) is 3.61. The van der Waals surface area contributed by atoms with Gasteiger partial charge in [0.1, 0.15) is 0 Å². The molecule has 3 N–H and O–H groups in total. The Morgan fingerprint density at radius 2 is 2.20 bits per heavy atom. The fraction of sp³-hybridized carbons (Fsp3) is 0.857. The van der Waals surface area contributed by atoms with E-state index in [0.717, 1.165) is 12.8 Å². The smallest absolute Gasteiger partial charge is 0.169 e. The maximum atomic E-state index is 11.3. The van der Waals surface area contributed by atoms with E-state index in [1.807, 2.05) is 7.05 Å². The minimum absolute atomic E-state index is 0.148. The number of likely N-dealkylation sites (N-methyl/N-ethyl adjacent to an activating group) is 1. The van der Waals surface area contributed by atoms with Gasteiger partial charge in [-0.25, -0.2) is 0 Å².